The number of benzene rings is 2. The van der Waals surface area contributed by atoms with Crippen molar-refractivity contribution in [2.75, 3.05) is 6.61 Å². The molecular formula is C17H17N3O3S. The zero-order chi connectivity index (χ0) is 17.2. The van der Waals surface area contributed by atoms with Crippen molar-refractivity contribution in [1.29, 1.82) is 0 Å². The van der Waals surface area contributed by atoms with Crippen molar-refractivity contribution >= 4 is 10.0 Å². The van der Waals surface area contributed by atoms with E-state index in [0.717, 1.165) is 21.0 Å². The minimum atomic E-state index is -3.74. The van der Waals surface area contributed by atoms with Crippen LogP contribution < -0.4 is 4.74 Å². The van der Waals surface area contributed by atoms with Gasteiger partial charge in [0.15, 0.2) is 0 Å². The van der Waals surface area contributed by atoms with E-state index in [1.807, 2.05) is 38.1 Å². The van der Waals surface area contributed by atoms with Crippen LogP contribution in [-0.4, -0.2) is 29.4 Å². The third-order valence-electron chi connectivity index (χ3n) is 3.50. The summed E-state index contributed by atoms with van der Waals surface area (Å²) in [6.07, 6.45) is 1.41. The summed E-state index contributed by atoms with van der Waals surface area (Å²) in [7, 11) is -3.74. The number of aromatic nitrogens is 3. The van der Waals surface area contributed by atoms with Crippen LogP contribution in [0.3, 0.4) is 0 Å². The van der Waals surface area contributed by atoms with E-state index in [2.05, 4.69) is 10.3 Å². The van der Waals surface area contributed by atoms with E-state index in [-0.39, 0.29) is 4.90 Å². The Morgan fingerprint density at radius 1 is 1.04 bits per heavy atom. The highest BCUT2D eigenvalue weighted by Gasteiger charge is 2.19. The van der Waals surface area contributed by atoms with E-state index in [0.29, 0.717) is 12.3 Å². The second-order valence-electron chi connectivity index (χ2n) is 5.25. The van der Waals surface area contributed by atoms with Crippen molar-refractivity contribution in [3.05, 3.63) is 60.3 Å². The van der Waals surface area contributed by atoms with Gasteiger partial charge in [0.2, 0.25) is 0 Å². The highest BCUT2D eigenvalue weighted by molar-refractivity contribution is 7.89. The molecule has 7 heteroatoms. The van der Waals surface area contributed by atoms with Gasteiger partial charge >= 0.3 is 0 Å². The number of nitrogens with zero attached hydrogens (tertiary/aromatic N) is 3. The predicted molar refractivity (Wildman–Crippen MR) is 90.4 cm³/mol. The maximum absolute atomic E-state index is 12.6. The molecular weight excluding hydrogens is 326 g/mol. The van der Waals surface area contributed by atoms with E-state index in [1.165, 1.54) is 6.20 Å². The number of ether oxygens (including phenoxy) is 1. The van der Waals surface area contributed by atoms with Crippen molar-refractivity contribution in [2.45, 2.75) is 18.7 Å². The molecule has 0 spiro atoms. The van der Waals surface area contributed by atoms with Crippen molar-refractivity contribution in [2.24, 2.45) is 0 Å². The van der Waals surface area contributed by atoms with Crippen LogP contribution >= 0.6 is 0 Å². The van der Waals surface area contributed by atoms with Gasteiger partial charge in [-0.2, -0.15) is 8.42 Å². The molecule has 0 atom stereocenters. The predicted octanol–water partition coefficient (Wildman–Crippen LogP) is 2.89. The van der Waals surface area contributed by atoms with Gasteiger partial charge < -0.3 is 4.74 Å². The SMILES string of the molecule is CCOc1ccc(-c2cn(S(=O)(=O)c3ccc(C)cc3)nn2)cc1. The molecule has 0 aliphatic carbocycles. The summed E-state index contributed by atoms with van der Waals surface area (Å²) < 4.78 is 31.4. The molecule has 0 saturated carbocycles. The quantitative estimate of drug-likeness (QED) is 0.712. The number of hydrogen-bond donors (Lipinski definition) is 0. The minimum Gasteiger partial charge on any atom is -0.494 e. The third kappa shape index (κ3) is 3.16. The summed E-state index contributed by atoms with van der Waals surface area (Å²) in [5.74, 6) is 0.751. The fourth-order valence-corrected chi connectivity index (χ4v) is 3.27. The number of hydrogen-bond acceptors (Lipinski definition) is 5. The molecule has 0 unspecified atom stereocenters. The molecule has 0 bridgehead atoms. The Balaban J connectivity index is 1.91. The monoisotopic (exact) mass is 343 g/mol. The molecule has 0 fully saturated rings. The first-order valence-electron chi connectivity index (χ1n) is 7.48. The molecule has 1 heterocycles. The molecule has 124 valence electrons. The zero-order valence-corrected chi connectivity index (χ0v) is 14.2. The summed E-state index contributed by atoms with van der Waals surface area (Å²) in [6.45, 7) is 4.40. The molecule has 0 aliphatic heterocycles. The summed E-state index contributed by atoms with van der Waals surface area (Å²) in [6, 6.07) is 13.9. The normalized spacial score (nSPS) is 11.4. The van der Waals surface area contributed by atoms with Crippen molar-refractivity contribution in [1.82, 2.24) is 14.4 Å². The van der Waals surface area contributed by atoms with Crippen LogP contribution in [0.15, 0.2) is 59.6 Å². The first-order chi connectivity index (χ1) is 11.5. The summed E-state index contributed by atoms with van der Waals surface area (Å²) in [4.78, 5) is 0.177. The van der Waals surface area contributed by atoms with Crippen LogP contribution in [-0.2, 0) is 10.0 Å². The minimum absolute atomic E-state index is 0.177. The standard InChI is InChI=1S/C17H17N3O3S/c1-3-23-15-8-6-14(7-9-15)17-12-20(19-18-17)24(21,22)16-10-4-13(2)5-11-16/h4-12H,3H2,1-2H3. The van der Waals surface area contributed by atoms with Crippen molar-refractivity contribution < 1.29 is 13.2 Å². The van der Waals surface area contributed by atoms with Gasteiger partial charge in [0.1, 0.15) is 11.4 Å². The average Bonchev–Trinajstić information content (AvgIpc) is 3.07. The Bertz CT molecular complexity index is 930. The number of aryl methyl sites for hydroxylation is 1. The second kappa shape index (κ2) is 6.45. The van der Waals surface area contributed by atoms with Crippen LogP contribution in [0, 0.1) is 6.92 Å². The number of rotatable bonds is 5. The Hall–Kier alpha value is -2.67. The van der Waals surface area contributed by atoms with Crippen molar-refractivity contribution in [3.8, 4) is 17.0 Å². The first kappa shape index (κ1) is 16.2. The van der Waals surface area contributed by atoms with E-state index < -0.39 is 10.0 Å². The molecule has 0 saturated heterocycles. The van der Waals surface area contributed by atoms with Crippen LogP contribution in [0.4, 0.5) is 0 Å². The molecule has 6 nitrogen and oxygen atoms in total. The summed E-state index contributed by atoms with van der Waals surface area (Å²) in [5.41, 5.74) is 2.24. The van der Waals surface area contributed by atoms with Crippen LogP contribution in [0.2, 0.25) is 0 Å². The molecule has 0 N–H and O–H groups in total. The molecule has 3 aromatic rings. The maximum Gasteiger partial charge on any atom is 0.284 e. The largest absolute Gasteiger partial charge is 0.494 e. The fraction of sp³-hybridized carbons (Fsp3) is 0.176. The Morgan fingerprint density at radius 2 is 1.71 bits per heavy atom. The van der Waals surface area contributed by atoms with Crippen LogP contribution in [0.1, 0.15) is 12.5 Å². The molecule has 0 amide bonds. The van der Waals surface area contributed by atoms with Gasteiger partial charge in [0, 0.05) is 5.56 Å². The summed E-state index contributed by atoms with van der Waals surface area (Å²) in [5, 5.41) is 7.73. The lowest BCUT2D eigenvalue weighted by atomic mass is 10.2. The van der Waals surface area contributed by atoms with Gasteiger partial charge in [0.25, 0.3) is 10.0 Å². The van der Waals surface area contributed by atoms with Gasteiger partial charge in [-0.05, 0) is 50.2 Å². The Morgan fingerprint density at radius 3 is 2.33 bits per heavy atom. The van der Waals surface area contributed by atoms with Crippen LogP contribution in [0.25, 0.3) is 11.3 Å². The van der Waals surface area contributed by atoms with Crippen LogP contribution in [0.5, 0.6) is 5.75 Å². The van der Waals surface area contributed by atoms with Gasteiger partial charge in [-0.3, -0.25) is 0 Å². The van der Waals surface area contributed by atoms with E-state index in [9.17, 15) is 8.42 Å². The first-order valence-corrected chi connectivity index (χ1v) is 8.92. The zero-order valence-electron chi connectivity index (χ0n) is 13.4. The molecule has 1 aromatic heterocycles. The lowest BCUT2D eigenvalue weighted by molar-refractivity contribution is 0.340. The van der Waals surface area contributed by atoms with E-state index in [4.69, 9.17) is 4.74 Å². The third-order valence-corrected chi connectivity index (χ3v) is 5.04. The average molecular weight is 343 g/mol. The van der Waals surface area contributed by atoms with Gasteiger partial charge in [-0.25, -0.2) is 0 Å². The van der Waals surface area contributed by atoms with Gasteiger partial charge in [-0.15, -0.1) is 9.19 Å². The Labute approximate surface area is 140 Å². The van der Waals surface area contributed by atoms with E-state index >= 15 is 0 Å². The molecule has 2 aromatic carbocycles. The van der Waals surface area contributed by atoms with E-state index in [1.54, 1.807) is 24.3 Å². The Kier molecular flexibility index (Phi) is 4.35. The second-order valence-corrected chi connectivity index (χ2v) is 7.05. The maximum atomic E-state index is 12.6. The topological polar surface area (TPSA) is 74.1 Å². The lowest BCUT2D eigenvalue weighted by Gasteiger charge is -2.04. The van der Waals surface area contributed by atoms with Gasteiger partial charge in [0.05, 0.1) is 17.7 Å². The highest BCUT2D eigenvalue weighted by atomic mass is 32.2. The molecule has 24 heavy (non-hydrogen) atoms. The lowest BCUT2D eigenvalue weighted by Crippen LogP contribution is -2.13. The smallest absolute Gasteiger partial charge is 0.284 e. The van der Waals surface area contributed by atoms with Crippen molar-refractivity contribution in [3.63, 3.8) is 0 Å². The fourth-order valence-electron chi connectivity index (χ4n) is 2.21. The highest BCUT2D eigenvalue weighted by Crippen LogP contribution is 2.22. The van der Waals surface area contributed by atoms with Gasteiger partial charge in [-0.1, -0.05) is 22.9 Å². The molecule has 0 radical (unpaired) electrons. The molecule has 0 aliphatic rings. The summed E-state index contributed by atoms with van der Waals surface area (Å²) >= 11 is 0. The molecule has 3 rings (SSSR count).